The summed E-state index contributed by atoms with van der Waals surface area (Å²) < 4.78 is 0. The highest BCUT2D eigenvalue weighted by Crippen LogP contribution is 2.23. The number of aromatic hydroxyl groups is 3. The predicted molar refractivity (Wildman–Crippen MR) is 89.1 cm³/mol. The number of hydrogen-bond acceptors (Lipinski definition) is 6. The Balaban J connectivity index is 1.85. The first-order chi connectivity index (χ1) is 11.5. The van der Waals surface area contributed by atoms with Crippen LogP contribution in [0.3, 0.4) is 0 Å². The molecule has 2 rings (SSSR count). The molecule has 6 heteroatoms. The average Bonchev–Trinajstić information content (AvgIpc) is 2.55. The van der Waals surface area contributed by atoms with Crippen molar-refractivity contribution in [2.24, 2.45) is 5.16 Å². The molecule has 24 heavy (non-hydrogen) atoms. The fraction of sp³-hybridized carbons (Fsp3) is 0.222. The summed E-state index contributed by atoms with van der Waals surface area (Å²) in [6, 6.07) is 11.1. The van der Waals surface area contributed by atoms with Crippen LogP contribution in [0, 0.1) is 0 Å². The first kappa shape index (κ1) is 17.3. The molecule has 0 fully saturated rings. The second-order valence-corrected chi connectivity index (χ2v) is 5.41. The number of benzene rings is 2. The van der Waals surface area contributed by atoms with Crippen molar-refractivity contribution in [1.82, 2.24) is 0 Å². The van der Waals surface area contributed by atoms with Crippen molar-refractivity contribution in [2.45, 2.75) is 26.2 Å². The zero-order chi connectivity index (χ0) is 17.5. The van der Waals surface area contributed by atoms with E-state index >= 15 is 0 Å². The molecule has 3 N–H and O–H groups in total. The molecule has 0 saturated carbocycles. The topological polar surface area (TPSA) is 99.4 Å². The highest BCUT2D eigenvalue weighted by molar-refractivity contribution is 5.85. The van der Waals surface area contributed by atoms with Crippen molar-refractivity contribution in [3.63, 3.8) is 0 Å². The van der Waals surface area contributed by atoms with Gasteiger partial charge in [0.25, 0.3) is 0 Å². The van der Waals surface area contributed by atoms with Crippen molar-refractivity contribution >= 4 is 11.7 Å². The molecule has 6 nitrogen and oxygen atoms in total. The van der Waals surface area contributed by atoms with E-state index in [2.05, 4.69) is 5.16 Å². The minimum Gasteiger partial charge on any atom is -0.508 e. The Morgan fingerprint density at radius 1 is 1.04 bits per heavy atom. The van der Waals surface area contributed by atoms with Crippen molar-refractivity contribution in [3.05, 3.63) is 53.6 Å². The van der Waals surface area contributed by atoms with E-state index < -0.39 is 5.97 Å². The van der Waals surface area contributed by atoms with Crippen LogP contribution in [0.5, 0.6) is 17.2 Å². The lowest BCUT2D eigenvalue weighted by Gasteiger charge is -2.05. The molecule has 0 saturated heterocycles. The van der Waals surface area contributed by atoms with Gasteiger partial charge in [0.05, 0.1) is 12.1 Å². The van der Waals surface area contributed by atoms with E-state index in [4.69, 9.17) is 4.84 Å². The second kappa shape index (κ2) is 8.01. The molecule has 0 bridgehead atoms. The van der Waals surface area contributed by atoms with Crippen molar-refractivity contribution in [1.29, 1.82) is 0 Å². The Bertz CT molecular complexity index is 755. The Morgan fingerprint density at radius 3 is 2.50 bits per heavy atom. The summed E-state index contributed by atoms with van der Waals surface area (Å²) in [6.45, 7) is 1.67. The third-order valence-corrected chi connectivity index (χ3v) is 3.41. The van der Waals surface area contributed by atoms with E-state index in [1.165, 1.54) is 12.1 Å². The first-order valence-corrected chi connectivity index (χ1v) is 7.46. The summed E-state index contributed by atoms with van der Waals surface area (Å²) in [5.41, 5.74) is 1.75. The Labute approximate surface area is 139 Å². The van der Waals surface area contributed by atoms with Gasteiger partial charge in [-0.25, -0.2) is 4.79 Å². The fourth-order valence-corrected chi connectivity index (χ4v) is 2.14. The number of oxime groups is 1. The van der Waals surface area contributed by atoms with Gasteiger partial charge in [0.15, 0.2) is 0 Å². The summed E-state index contributed by atoms with van der Waals surface area (Å²) >= 11 is 0. The van der Waals surface area contributed by atoms with Crippen molar-refractivity contribution in [3.8, 4) is 17.2 Å². The Kier molecular flexibility index (Phi) is 5.78. The predicted octanol–water partition coefficient (Wildman–Crippen LogP) is 2.90. The van der Waals surface area contributed by atoms with E-state index in [0.29, 0.717) is 29.7 Å². The number of rotatable bonds is 6. The smallest absolute Gasteiger partial charge is 0.335 e. The summed E-state index contributed by atoms with van der Waals surface area (Å²) in [6.07, 6.45) is 0.747. The Hall–Kier alpha value is -3.02. The molecule has 0 atom stereocenters. The van der Waals surface area contributed by atoms with Gasteiger partial charge >= 0.3 is 5.97 Å². The minimum atomic E-state index is -0.507. The standard InChI is InChI=1S/C18H19NO5/c1-12(10-14-6-8-15(20)11-17(14)22)19-24-18(23)9-7-13-4-2-3-5-16(13)21/h2-6,8,11,20-22H,7,9-10H2,1H3/b19-12+. The highest BCUT2D eigenvalue weighted by Gasteiger charge is 2.08. The number of aryl methyl sites for hydroxylation is 1. The lowest BCUT2D eigenvalue weighted by atomic mass is 10.1. The maximum absolute atomic E-state index is 11.7. The largest absolute Gasteiger partial charge is 0.508 e. The molecule has 126 valence electrons. The highest BCUT2D eigenvalue weighted by atomic mass is 16.7. The minimum absolute atomic E-state index is 0.0264. The maximum Gasteiger partial charge on any atom is 0.335 e. The number of phenolic OH excluding ortho intramolecular Hbond substituents is 3. The molecular formula is C18H19NO5. The van der Waals surface area contributed by atoms with Crippen LogP contribution in [0.25, 0.3) is 0 Å². The summed E-state index contributed by atoms with van der Waals surface area (Å²) in [7, 11) is 0. The van der Waals surface area contributed by atoms with Crippen LogP contribution >= 0.6 is 0 Å². The lowest BCUT2D eigenvalue weighted by Crippen LogP contribution is -2.05. The molecule has 0 unspecified atom stereocenters. The molecule has 2 aromatic rings. The molecule has 0 radical (unpaired) electrons. The van der Waals surface area contributed by atoms with Crippen LogP contribution in [0.1, 0.15) is 24.5 Å². The first-order valence-electron chi connectivity index (χ1n) is 7.46. The van der Waals surface area contributed by atoms with Crippen LogP contribution < -0.4 is 0 Å². The number of nitrogens with zero attached hydrogens (tertiary/aromatic N) is 1. The molecule has 0 aromatic heterocycles. The number of para-hydroxylation sites is 1. The van der Waals surface area contributed by atoms with Gasteiger partial charge in [-0.3, -0.25) is 0 Å². The van der Waals surface area contributed by atoms with Gasteiger partial charge in [-0.15, -0.1) is 0 Å². The molecular weight excluding hydrogens is 310 g/mol. The number of carbonyl (C=O) groups excluding carboxylic acids is 1. The molecule has 0 spiro atoms. The van der Waals surface area contributed by atoms with Crippen molar-refractivity contribution < 1.29 is 25.0 Å². The van der Waals surface area contributed by atoms with Gasteiger partial charge < -0.3 is 20.2 Å². The van der Waals surface area contributed by atoms with Crippen LogP contribution in [0.4, 0.5) is 0 Å². The Morgan fingerprint density at radius 2 is 1.79 bits per heavy atom. The van der Waals surface area contributed by atoms with Gasteiger partial charge in [0.1, 0.15) is 17.2 Å². The number of carbonyl (C=O) groups is 1. The quantitative estimate of drug-likeness (QED) is 0.430. The zero-order valence-corrected chi connectivity index (χ0v) is 13.3. The fourth-order valence-electron chi connectivity index (χ4n) is 2.14. The van der Waals surface area contributed by atoms with Crippen LogP contribution in [0.2, 0.25) is 0 Å². The van der Waals surface area contributed by atoms with E-state index in [-0.39, 0.29) is 23.7 Å². The normalized spacial score (nSPS) is 11.3. The van der Waals surface area contributed by atoms with Crippen molar-refractivity contribution in [2.75, 3.05) is 0 Å². The zero-order valence-electron chi connectivity index (χ0n) is 13.3. The van der Waals surface area contributed by atoms with Gasteiger partial charge in [-0.1, -0.05) is 29.4 Å². The van der Waals surface area contributed by atoms with E-state index in [9.17, 15) is 20.1 Å². The van der Waals surface area contributed by atoms with E-state index in [0.717, 1.165) is 0 Å². The van der Waals surface area contributed by atoms with Gasteiger partial charge in [-0.05, 0) is 36.6 Å². The summed E-state index contributed by atoms with van der Waals surface area (Å²) in [5.74, 6) is -0.433. The summed E-state index contributed by atoms with van der Waals surface area (Å²) in [4.78, 5) is 16.5. The van der Waals surface area contributed by atoms with E-state index in [1.807, 2.05) is 0 Å². The SMILES string of the molecule is C/C(Cc1ccc(O)cc1O)=N\OC(=O)CCc1ccccc1O. The molecule has 0 aliphatic heterocycles. The molecule has 0 heterocycles. The average molecular weight is 329 g/mol. The summed E-state index contributed by atoms with van der Waals surface area (Å²) in [5, 5.41) is 32.3. The van der Waals surface area contributed by atoms with Crippen LogP contribution in [0.15, 0.2) is 47.6 Å². The monoisotopic (exact) mass is 329 g/mol. The van der Waals surface area contributed by atoms with Gasteiger partial charge in [0.2, 0.25) is 0 Å². The van der Waals surface area contributed by atoms with Gasteiger partial charge in [-0.2, -0.15) is 0 Å². The third-order valence-electron chi connectivity index (χ3n) is 3.41. The van der Waals surface area contributed by atoms with Crippen LogP contribution in [-0.4, -0.2) is 27.0 Å². The number of phenols is 3. The molecule has 0 aliphatic carbocycles. The third kappa shape index (κ3) is 5.01. The molecule has 0 amide bonds. The van der Waals surface area contributed by atoms with Gasteiger partial charge in [0, 0.05) is 12.5 Å². The lowest BCUT2D eigenvalue weighted by molar-refractivity contribution is -0.143. The molecule has 2 aromatic carbocycles. The second-order valence-electron chi connectivity index (χ2n) is 5.41. The maximum atomic E-state index is 11.7. The number of hydrogen-bond donors (Lipinski definition) is 3. The van der Waals surface area contributed by atoms with Crippen LogP contribution in [-0.2, 0) is 22.5 Å². The molecule has 0 aliphatic rings. The van der Waals surface area contributed by atoms with E-state index in [1.54, 1.807) is 37.3 Å².